The molecule has 0 fully saturated rings. The van der Waals surface area contributed by atoms with Crippen LogP contribution in [-0.4, -0.2) is 23.9 Å². The van der Waals surface area contributed by atoms with Gasteiger partial charge in [0.25, 0.3) is 11.8 Å². The predicted molar refractivity (Wildman–Crippen MR) is 133 cm³/mol. The highest BCUT2D eigenvalue weighted by atomic mass is 32.1. The van der Waals surface area contributed by atoms with Crippen LogP contribution in [0.25, 0.3) is 22.2 Å². The monoisotopic (exact) mass is 459 g/mol. The van der Waals surface area contributed by atoms with E-state index >= 15 is 0 Å². The maximum Gasteiger partial charge on any atom is 0.257 e. The van der Waals surface area contributed by atoms with E-state index in [0.717, 1.165) is 32.7 Å². The van der Waals surface area contributed by atoms with Gasteiger partial charge in [0.05, 0.1) is 29.4 Å². The number of pyridine rings is 1. The van der Waals surface area contributed by atoms with E-state index < -0.39 is 5.91 Å². The third kappa shape index (κ3) is 4.07. The molecule has 3 N–H and O–H groups in total. The quantitative estimate of drug-likeness (QED) is 0.398. The van der Waals surface area contributed by atoms with Gasteiger partial charge in [-0.25, -0.2) is 4.98 Å². The minimum Gasteiger partial charge on any atom is -0.497 e. The number of ether oxygens (including phenoxy) is 1. The van der Waals surface area contributed by atoms with Crippen molar-refractivity contribution in [3.05, 3.63) is 75.7 Å². The summed E-state index contributed by atoms with van der Waals surface area (Å²) in [7, 11) is 1.62. The van der Waals surface area contributed by atoms with Gasteiger partial charge in [0.2, 0.25) is 0 Å². The lowest BCUT2D eigenvalue weighted by atomic mass is 9.97. The van der Waals surface area contributed by atoms with Crippen LogP contribution in [0.2, 0.25) is 0 Å². The first-order valence-electron chi connectivity index (χ1n) is 10.6. The number of aryl methyl sites for hydroxylation is 1. The molecular weight excluding hydrogens is 434 g/mol. The molecule has 2 amide bonds. The summed E-state index contributed by atoms with van der Waals surface area (Å²) in [4.78, 5) is 31.6. The molecule has 0 aliphatic heterocycles. The molecule has 0 bridgehead atoms. The van der Waals surface area contributed by atoms with Gasteiger partial charge < -0.3 is 15.8 Å². The number of benzene rings is 2. The van der Waals surface area contributed by atoms with Crippen molar-refractivity contribution in [2.75, 3.05) is 12.4 Å². The van der Waals surface area contributed by atoms with Crippen LogP contribution in [0.5, 0.6) is 5.75 Å². The standard InChI is InChI=1S/C26H25N3O3S/c1-5-18-15(3)33-26(22(18)24(27)30)29-25(31)21-14(2)23(16-10-12-17(32-4)13-11-16)28-20-9-7-6-8-19(20)21/h6-13H,5H2,1-4H3,(H2,27,30)(H,29,31). The zero-order valence-corrected chi connectivity index (χ0v) is 19.8. The molecule has 4 aromatic rings. The number of fused-ring (bicyclic) bond motifs is 1. The fourth-order valence-electron chi connectivity index (χ4n) is 4.15. The maximum atomic E-state index is 13.6. The molecule has 2 heterocycles. The highest BCUT2D eigenvalue weighted by molar-refractivity contribution is 7.16. The second-order valence-electron chi connectivity index (χ2n) is 7.72. The van der Waals surface area contributed by atoms with E-state index in [1.807, 2.05) is 69.3 Å². The molecule has 168 valence electrons. The lowest BCUT2D eigenvalue weighted by Gasteiger charge is -2.15. The van der Waals surface area contributed by atoms with Crippen molar-refractivity contribution in [1.82, 2.24) is 4.98 Å². The highest BCUT2D eigenvalue weighted by Gasteiger charge is 2.24. The Morgan fingerprint density at radius 2 is 1.76 bits per heavy atom. The number of anilines is 1. The number of para-hydroxylation sites is 1. The number of hydrogen-bond donors (Lipinski definition) is 2. The number of aromatic nitrogens is 1. The number of thiophene rings is 1. The third-order valence-corrected chi connectivity index (χ3v) is 6.83. The normalized spacial score (nSPS) is 10.9. The number of hydrogen-bond acceptors (Lipinski definition) is 5. The van der Waals surface area contributed by atoms with E-state index in [4.69, 9.17) is 15.5 Å². The average molecular weight is 460 g/mol. The minimum atomic E-state index is -0.540. The lowest BCUT2D eigenvalue weighted by molar-refractivity contribution is 0.100. The Morgan fingerprint density at radius 1 is 1.06 bits per heavy atom. The summed E-state index contributed by atoms with van der Waals surface area (Å²) < 4.78 is 5.26. The number of methoxy groups -OCH3 is 1. The number of nitrogens with zero attached hydrogens (tertiary/aromatic N) is 1. The third-order valence-electron chi connectivity index (χ3n) is 5.76. The second kappa shape index (κ2) is 9.03. The summed E-state index contributed by atoms with van der Waals surface area (Å²) in [5.74, 6) is -0.0945. The molecule has 2 aromatic carbocycles. The Bertz CT molecular complexity index is 1370. The molecule has 0 unspecified atom stereocenters. The summed E-state index contributed by atoms with van der Waals surface area (Å²) in [5, 5.41) is 4.19. The number of nitrogens with two attached hydrogens (primary N) is 1. The molecule has 6 nitrogen and oxygen atoms in total. The van der Waals surface area contributed by atoms with E-state index in [2.05, 4.69) is 5.32 Å². The van der Waals surface area contributed by atoms with Crippen molar-refractivity contribution < 1.29 is 14.3 Å². The first-order valence-corrected chi connectivity index (χ1v) is 11.4. The number of rotatable bonds is 6. The van der Waals surface area contributed by atoms with Crippen LogP contribution in [0.15, 0.2) is 48.5 Å². The molecule has 7 heteroatoms. The molecule has 0 radical (unpaired) electrons. The molecular formula is C26H25N3O3S. The largest absolute Gasteiger partial charge is 0.497 e. The minimum absolute atomic E-state index is 0.299. The van der Waals surface area contributed by atoms with Crippen LogP contribution in [0.1, 0.15) is 43.6 Å². The van der Waals surface area contributed by atoms with Gasteiger partial charge in [-0.2, -0.15) is 0 Å². The smallest absolute Gasteiger partial charge is 0.257 e. The number of carbonyl (C=O) groups is 2. The van der Waals surface area contributed by atoms with E-state index in [1.165, 1.54) is 11.3 Å². The van der Waals surface area contributed by atoms with Gasteiger partial charge in [0.1, 0.15) is 10.8 Å². The number of nitrogens with one attached hydrogen (secondary N) is 1. The van der Waals surface area contributed by atoms with Crippen LogP contribution in [0.3, 0.4) is 0 Å². The van der Waals surface area contributed by atoms with Gasteiger partial charge in [-0.3, -0.25) is 9.59 Å². The van der Waals surface area contributed by atoms with Gasteiger partial charge in [-0.05, 0) is 61.7 Å². The van der Waals surface area contributed by atoms with E-state index in [0.29, 0.717) is 33.8 Å². The number of amides is 2. The predicted octanol–water partition coefficient (Wildman–Crippen LogP) is 5.50. The van der Waals surface area contributed by atoms with Crippen molar-refractivity contribution in [2.24, 2.45) is 5.73 Å². The Balaban J connectivity index is 1.86. The first kappa shape index (κ1) is 22.5. The summed E-state index contributed by atoms with van der Waals surface area (Å²) in [6, 6.07) is 15.1. The zero-order chi connectivity index (χ0) is 23.7. The maximum absolute atomic E-state index is 13.6. The Hall–Kier alpha value is -3.71. The molecule has 33 heavy (non-hydrogen) atoms. The van der Waals surface area contributed by atoms with Gasteiger partial charge in [0.15, 0.2) is 0 Å². The topological polar surface area (TPSA) is 94.3 Å². The van der Waals surface area contributed by atoms with E-state index in [-0.39, 0.29) is 5.91 Å². The molecule has 0 saturated heterocycles. The van der Waals surface area contributed by atoms with Crippen molar-refractivity contribution >= 4 is 39.1 Å². The van der Waals surface area contributed by atoms with E-state index in [1.54, 1.807) is 7.11 Å². The van der Waals surface area contributed by atoms with E-state index in [9.17, 15) is 9.59 Å². The van der Waals surface area contributed by atoms with Gasteiger partial charge >= 0.3 is 0 Å². The summed E-state index contributed by atoms with van der Waals surface area (Å²) in [5.41, 5.74) is 10.5. The molecule has 0 aliphatic carbocycles. The number of carbonyl (C=O) groups excluding carboxylic acids is 2. The Kier molecular flexibility index (Phi) is 6.16. The van der Waals surface area contributed by atoms with Gasteiger partial charge in [0, 0.05) is 15.8 Å². The summed E-state index contributed by atoms with van der Waals surface area (Å²) >= 11 is 1.37. The summed E-state index contributed by atoms with van der Waals surface area (Å²) in [6.07, 6.45) is 0.662. The molecule has 0 atom stereocenters. The van der Waals surface area contributed by atoms with Crippen molar-refractivity contribution in [1.29, 1.82) is 0 Å². The molecule has 0 spiro atoms. The highest BCUT2D eigenvalue weighted by Crippen LogP contribution is 2.35. The van der Waals surface area contributed by atoms with Crippen molar-refractivity contribution in [3.63, 3.8) is 0 Å². The average Bonchev–Trinajstić information content (AvgIpc) is 3.13. The van der Waals surface area contributed by atoms with Crippen molar-refractivity contribution in [2.45, 2.75) is 27.2 Å². The SMILES string of the molecule is CCc1c(C)sc(NC(=O)c2c(C)c(-c3ccc(OC)cc3)nc3ccccc23)c1C(N)=O. The molecule has 2 aromatic heterocycles. The second-order valence-corrected chi connectivity index (χ2v) is 8.94. The molecule has 0 saturated carbocycles. The first-order chi connectivity index (χ1) is 15.8. The summed E-state index contributed by atoms with van der Waals surface area (Å²) in [6.45, 7) is 5.79. The van der Waals surface area contributed by atoms with Crippen LogP contribution in [0, 0.1) is 13.8 Å². The fourth-order valence-corrected chi connectivity index (χ4v) is 5.29. The van der Waals surface area contributed by atoms with Crippen LogP contribution in [0.4, 0.5) is 5.00 Å². The zero-order valence-electron chi connectivity index (χ0n) is 19.0. The van der Waals surface area contributed by atoms with Crippen LogP contribution >= 0.6 is 11.3 Å². The van der Waals surface area contributed by atoms with Crippen LogP contribution in [-0.2, 0) is 6.42 Å². The Morgan fingerprint density at radius 3 is 2.39 bits per heavy atom. The van der Waals surface area contributed by atoms with Crippen LogP contribution < -0.4 is 15.8 Å². The molecule has 0 aliphatic rings. The lowest BCUT2D eigenvalue weighted by Crippen LogP contribution is -2.19. The van der Waals surface area contributed by atoms with Gasteiger partial charge in [-0.1, -0.05) is 25.1 Å². The number of primary amides is 1. The van der Waals surface area contributed by atoms with Gasteiger partial charge in [-0.15, -0.1) is 11.3 Å². The fraction of sp³-hybridized carbons (Fsp3) is 0.192. The van der Waals surface area contributed by atoms with Crippen molar-refractivity contribution in [3.8, 4) is 17.0 Å². The molecule has 4 rings (SSSR count). The Labute approximate surface area is 196 Å².